The zero-order valence-corrected chi connectivity index (χ0v) is 14.1. The van der Waals surface area contributed by atoms with Crippen molar-refractivity contribution in [3.8, 4) is 0 Å². The van der Waals surface area contributed by atoms with Crippen LogP contribution in [0.1, 0.15) is 38.2 Å². The number of nitrogens with zero attached hydrogens (tertiary/aromatic N) is 1. The van der Waals surface area contributed by atoms with Gasteiger partial charge in [-0.1, -0.05) is 32.0 Å². The van der Waals surface area contributed by atoms with Gasteiger partial charge in [-0.25, -0.2) is 0 Å². The summed E-state index contributed by atoms with van der Waals surface area (Å²) in [5.41, 5.74) is 2.15. The number of benzene rings is 1. The summed E-state index contributed by atoms with van der Waals surface area (Å²) in [6.07, 6.45) is 2.44. The highest BCUT2D eigenvalue weighted by molar-refractivity contribution is 5.93. The van der Waals surface area contributed by atoms with Crippen LogP contribution in [0.5, 0.6) is 0 Å². The Balaban J connectivity index is 1.90. The number of hydrogen-bond acceptors (Lipinski definition) is 3. The molecule has 1 heterocycles. The summed E-state index contributed by atoms with van der Waals surface area (Å²) >= 11 is 0. The minimum Gasteiger partial charge on any atom is -0.325 e. The molecular weight excluding hydrogens is 274 g/mol. The van der Waals surface area contributed by atoms with Crippen LogP contribution in [-0.2, 0) is 4.79 Å². The molecule has 1 atom stereocenters. The number of likely N-dealkylation sites (tertiary alicyclic amines) is 1. The van der Waals surface area contributed by atoms with Crippen LogP contribution in [0.25, 0.3) is 0 Å². The third-order valence-electron chi connectivity index (χ3n) is 4.32. The minimum atomic E-state index is 0.0956. The SMILES string of the molecule is CNCC1CCCN(CC(=O)Nc2ccccc2C(C)C)C1. The largest absolute Gasteiger partial charge is 0.325 e. The van der Waals surface area contributed by atoms with Crippen LogP contribution in [-0.4, -0.2) is 44.0 Å². The predicted molar refractivity (Wildman–Crippen MR) is 92.3 cm³/mol. The average molecular weight is 303 g/mol. The Labute approximate surface area is 134 Å². The molecule has 4 nitrogen and oxygen atoms in total. The molecule has 1 aliphatic heterocycles. The van der Waals surface area contributed by atoms with Gasteiger partial charge in [0.05, 0.1) is 6.54 Å². The second-order valence-electron chi connectivity index (χ2n) is 6.59. The molecule has 1 aromatic rings. The highest BCUT2D eigenvalue weighted by Crippen LogP contribution is 2.23. The molecule has 0 saturated carbocycles. The Morgan fingerprint density at radius 1 is 1.36 bits per heavy atom. The van der Waals surface area contributed by atoms with Gasteiger partial charge in [-0.2, -0.15) is 0 Å². The summed E-state index contributed by atoms with van der Waals surface area (Å²) in [6, 6.07) is 8.08. The number of hydrogen-bond donors (Lipinski definition) is 2. The van der Waals surface area contributed by atoms with E-state index in [2.05, 4.69) is 35.4 Å². The van der Waals surface area contributed by atoms with Crippen LogP contribution in [0, 0.1) is 5.92 Å². The van der Waals surface area contributed by atoms with Crippen molar-refractivity contribution >= 4 is 11.6 Å². The first kappa shape index (κ1) is 17.0. The summed E-state index contributed by atoms with van der Waals surface area (Å²) in [7, 11) is 1.99. The van der Waals surface area contributed by atoms with Crippen LogP contribution in [0.3, 0.4) is 0 Å². The topological polar surface area (TPSA) is 44.4 Å². The average Bonchev–Trinajstić information content (AvgIpc) is 2.48. The van der Waals surface area contributed by atoms with Gasteiger partial charge >= 0.3 is 0 Å². The zero-order valence-electron chi connectivity index (χ0n) is 14.1. The molecule has 1 amide bonds. The lowest BCUT2D eigenvalue weighted by Gasteiger charge is -2.32. The first-order valence-electron chi connectivity index (χ1n) is 8.36. The van der Waals surface area contributed by atoms with Crippen molar-refractivity contribution < 1.29 is 4.79 Å². The fourth-order valence-electron chi connectivity index (χ4n) is 3.26. The summed E-state index contributed by atoms with van der Waals surface area (Å²) in [5, 5.41) is 6.33. The van der Waals surface area contributed by atoms with E-state index in [1.54, 1.807) is 0 Å². The van der Waals surface area contributed by atoms with Gasteiger partial charge in [0, 0.05) is 12.2 Å². The van der Waals surface area contributed by atoms with E-state index in [1.807, 2.05) is 25.2 Å². The van der Waals surface area contributed by atoms with Crippen molar-refractivity contribution in [1.29, 1.82) is 0 Å². The molecule has 0 aliphatic carbocycles. The van der Waals surface area contributed by atoms with E-state index < -0.39 is 0 Å². The fraction of sp³-hybridized carbons (Fsp3) is 0.611. The number of carbonyl (C=O) groups is 1. The molecule has 1 aliphatic rings. The number of amides is 1. The maximum atomic E-state index is 12.4. The second kappa shape index (κ2) is 8.30. The van der Waals surface area contributed by atoms with Gasteiger partial charge in [-0.05, 0) is 56.4 Å². The molecule has 0 spiro atoms. The Kier molecular flexibility index (Phi) is 6.40. The molecule has 1 aromatic carbocycles. The molecule has 22 heavy (non-hydrogen) atoms. The molecule has 1 saturated heterocycles. The molecule has 0 bridgehead atoms. The van der Waals surface area contributed by atoms with Crippen molar-refractivity contribution in [2.75, 3.05) is 38.5 Å². The lowest BCUT2D eigenvalue weighted by Crippen LogP contribution is -2.42. The van der Waals surface area contributed by atoms with E-state index in [9.17, 15) is 4.79 Å². The molecule has 0 aromatic heterocycles. The number of piperidine rings is 1. The lowest BCUT2D eigenvalue weighted by molar-refractivity contribution is -0.117. The van der Waals surface area contributed by atoms with Gasteiger partial charge in [0.2, 0.25) is 5.91 Å². The first-order valence-corrected chi connectivity index (χ1v) is 8.36. The third kappa shape index (κ3) is 4.82. The fourth-order valence-corrected chi connectivity index (χ4v) is 3.26. The van der Waals surface area contributed by atoms with Crippen molar-refractivity contribution in [1.82, 2.24) is 10.2 Å². The molecule has 1 unspecified atom stereocenters. The maximum Gasteiger partial charge on any atom is 0.238 e. The maximum absolute atomic E-state index is 12.4. The highest BCUT2D eigenvalue weighted by atomic mass is 16.2. The molecule has 0 radical (unpaired) electrons. The highest BCUT2D eigenvalue weighted by Gasteiger charge is 2.21. The Bertz CT molecular complexity index is 485. The molecule has 2 rings (SSSR count). The molecule has 1 fully saturated rings. The van der Waals surface area contributed by atoms with Gasteiger partial charge in [-0.15, -0.1) is 0 Å². The third-order valence-corrected chi connectivity index (χ3v) is 4.32. The second-order valence-corrected chi connectivity index (χ2v) is 6.59. The monoisotopic (exact) mass is 303 g/mol. The zero-order chi connectivity index (χ0) is 15.9. The van der Waals surface area contributed by atoms with Crippen LogP contribution in [0.2, 0.25) is 0 Å². The summed E-state index contributed by atoms with van der Waals surface area (Å²) in [4.78, 5) is 14.6. The smallest absolute Gasteiger partial charge is 0.238 e. The molecule has 122 valence electrons. The van der Waals surface area contributed by atoms with Crippen molar-refractivity contribution in [3.05, 3.63) is 29.8 Å². The minimum absolute atomic E-state index is 0.0956. The van der Waals surface area contributed by atoms with E-state index in [4.69, 9.17) is 0 Å². The first-order chi connectivity index (χ1) is 10.6. The van der Waals surface area contributed by atoms with Crippen LogP contribution in [0.4, 0.5) is 5.69 Å². The van der Waals surface area contributed by atoms with E-state index >= 15 is 0 Å². The van der Waals surface area contributed by atoms with Crippen molar-refractivity contribution in [3.63, 3.8) is 0 Å². The molecular formula is C18H29N3O. The summed E-state index contributed by atoms with van der Waals surface area (Å²) in [6.45, 7) is 7.87. The number of rotatable bonds is 6. The van der Waals surface area contributed by atoms with Crippen LogP contribution in [0.15, 0.2) is 24.3 Å². The van der Waals surface area contributed by atoms with Crippen LogP contribution < -0.4 is 10.6 Å². The number of nitrogens with one attached hydrogen (secondary N) is 2. The van der Waals surface area contributed by atoms with E-state index in [0.717, 1.165) is 25.3 Å². The van der Waals surface area contributed by atoms with E-state index in [1.165, 1.54) is 18.4 Å². The van der Waals surface area contributed by atoms with Gasteiger partial charge in [0.15, 0.2) is 0 Å². The summed E-state index contributed by atoms with van der Waals surface area (Å²) in [5.74, 6) is 1.17. The van der Waals surface area contributed by atoms with E-state index in [-0.39, 0.29) is 5.91 Å². The molecule has 4 heteroatoms. The quantitative estimate of drug-likeness (QED) is 0.849. The predicted octanol–water partition coefficient (Wildman–Crippen LogP) is 2.68. The van der Waals surface area contributed by atoms with Crippen molar-refractivity contribution in [2.45, 2.75) is 32.6 Å². The normalized spacial score (nSPS) is 19.4. The lowest BCUT2D eigenvalue weighted by atomic mass is 9.98. The van der Waals surface area contributed by atoms with Crippen LogP contribution >= 0.6 is 0 Å². The standard InChI is InChI=1S/C18H29N3O/c1-14(2)16-8-4-5-9-17(16)20-18(22)13-21-10-6-7-15(12-21)11-19-3/h4-5,8-9,14-15,19H,6-7,10-13H2,1-3H3,(H,20,22). The van der Waals surface area contributed by atoms with Gasteiger partial charge in [-0.3, -0.25) is 9.69 Å². The Morgan fingerprint density at radius 3 is 2.86 bits per heavy atom. The van der Waals surface area contributed by atoms with Gasteiger partial charge in [0.1, 0.15) is 0 Å². The number of anilines is 1. The van der Waals surface area contributed by atoms with Gasteiger partial charge in [0.25, 0.3) is 0 Å². The summed E-state index contributed by atoms with van der Waals surface area (Å²) < 4.78 is 0. The van der Waals surface area contributed by atoms with Crippen molar-refractivity contribution in [2.24, 2.45) is 5.92 Å². The Morgan fingerprint density at radius 2 is 2.14 bits per heavy atom. The van der Waals surface area contributed by atoms with E-state index in [0.29, 0.717) is 18.4 Å². The number of para-hydroxylation sites is 1. The van der Waals surface area contributed by atoms with Gasteiger partial charge < -0.3 is 10.6 Å². The number of carbonyl (C=O) groups excluding carboxylic acids is 1. The Hall–Kier alpha value is -1.39. The molecule has 2 N–H and O–H groups in total.